The lowest BCUT2D eigenvalue weighted by Crippen LogP contribution is -2.12. The van der Waals surface area contributed by atoms with Gasteiger partial charge in [0.1, 0.15) is 0 Å². The molecule has 17 heavy (non-hydrogen) atoms. The van der Waals surface area contributed by atoms with Crippen molar-refractivity contribution < 1.29 is 9.90 Å². The normalized spacial score (nSPS) is 12.9. The van der Waals surface area contributed by atoms with Crippen molar-refractivity contribution in [2.24, 2.45) is 13.0 Å². The summed E-state index contributed by atoms with van der Waals surface area (Å²) in [5.41, 5.74) is 2.19. The van der Waals surface area contributed by atoms with Gasteiger partial charge in [0.25, 0.3) is 0 Å². The number of carbonyl (C=O) groups is 1. The molecule has 1 aromatic heterocycles. The molecular weight excluding hydrogens is 282 g/mol. The number of aryl methyl sites for hydroxylation is 1. The van der Waals surface area contributed by atoms with Crippen LogP contribution in [0.15, 0.2) is 28.9 Å². The van der Waals surface area contributed by atoms with Crippen molar-refractivity contribution in [3.05, 3.63) is 34.4 Å². The molecule has 0 saturated carbocycles. The number of nitrogens with zero attached hydrogens (tertiary/aromatic N) is 1. The Morgan fingerprint density at radius 1 is 1.53 bits per heavy atom. The van der Waals surface area contributed by atoms with Crippen LogP contribution in [0.3, 0.4) is 0 Å². The summed E-state index contributed by atoms with van der Waals surface area (Å²) in [7, 11) is 1.98. The Morgan fingerprint density at radius 3 is 2.88 bits per heavy atom. The van der Waals surface area contributed by atoms with Crippen LogP contribution < -0.4 is 0 Å². The lowest BCUT2D eigenvalue weighted by molar-refractivity contribution is -0.141. The molecule has 0 radical (unpaired) electrons. The second kappa shape index (κ2) is 4.53. The molecule has 0 fully saturated rings. The molecule has 0 bridgehead atoms. The van der Waals surface area contributed by atoms with E-state index in [0.717, 1.165) is 20.9 Å². The topological polar surface area (TPSA) is 42.2 Å². The minimum atomic E-state index is -0.756. The number of carboxylic acid groups (broad SMARTS) is 1. The third-order valence-electron chi connectivity index (χ3n) is 2.99. The first-order valence-corrected chi connectivity index (χ1v) is 6.25. The van der Waals surface area contributed by atoms with Crippen molar-refractivity contribution in [3.8, 4) is 0 Å². The zero-order valence-corrected chi connectivity index (χ0v) is 11.4. The maximum absolute atomic E-state index is 10.9. The van der Waals surface area contributed by atoms with Crippen molar-refractivity contribution in [1.82, 2.24) is 4.57 Å². The van der Waals surface area contributed by atoms with Crippen LogP contribution in [0.2, 0.25) is 0 Å². The Morgan fingerprint density at radius 2 is 2.24 bits per heavy atom. The van der Waals surface area contributed by atoms with Gasteiger partial charge in [-0.15, -0.1) is 0 Å². The number of rotatable bonds is 3. The SMILES string of the molecule is CC(Cc1cn(C)c2cccc(Br)c12)C(=O)O. The van der Waals surface area contributed by atoms with Crippen LogP contribution in [0, 0.1) is 5.92 Å². The quantitative estimate of drug-likeness (QED) is 0.945. The summed E-state index contributed by atoms with van der Waals surface area (Å²) in [5.74, 6) is -1.12. The van der Waals surface area contributed by atoms with Crippen LogP contribution in [0.4, 0.5) is 0 Å². The predicted molar refractivity (Wildman–Crippen MR) is 71.1 cm³/mol. The summed E-state index contributed by atoms with van der Waals surface area (Å²) in [6.45, 7) is 1.73. The highest BCUT2D eigenvalue weighted by Gasteiger charge is 2.16. The van der Waals surface area contributed by atoms with E-state index in [4.69, 9.17) is 5.11 Å². The van der Waals surface area contributed by atoms with E-state index >= 15 is 0 Å². The standard InChI is InChI=1S/C13H14BrNO2/c1-8(13(16)17)6-9-7-15(2)11-5-3-4-10(14)12(9)11/h3-5,7-8H,6H2,1-2H3,(H,16,17). The minimum absolute atomic E-state index is 0.368. The number of carboxylic acids is 1. The Hall–Kier alpha value is -1.29. The molecular formula is C13H14BrNO2. The molecule has 1 unspecified atom stereocenters. The average molecular weight is 296 g/mol. The van der Waals surface area contributed by atoms with E-state index < -0.39 is 5.97 Å². The molecule has 0 spiro atoms. The van der Waals surface area contributed by atoms with Crippen LogP contribution in [-0.2, 0) is 18.3 Å². The lowest BCUT2D eigenvalue weighted by atomic mass is 10.0. The van der Waals surface area contributed by atoms with E-state index in [0.29, 0.717) is 6.42 Å². The predicted octanol–water partition coefficient (Wildman–Crippen LogP) is 3.20. The minimum Gasteiger partial charge on any atom is -0.481 e. The zero-order chi connectivity index (χ0) is 12.6. The first kappa shape index (κ1) is 12.2. The van der Waals surface area contributed by atoms with E-state index in [9.17, 15) is 4.79 Å². The zero-order valence-electron chi connectivity index (χ0n) is 9.77. The number of aromatic nitrogens is 1. The van der Waals surface area contributed by atoms with E-state index in [1.807, 2.05) is 36.0 Å². The van der Waals surface area contributed by atoms with Gasteiger partial charge in [-0.2, -0.15) is 0 Å². The molecule has 2 aromatic rings. The van der Waals surface area contributed by atoms with Gasteiger partial charge in [0.05, 0.1) is 5.92 Å². The highest BCUT2D eigenvalue weighted by atomic mass is 79.9. The summed E-state index contributed by atoms with van der Waals surface area (Å²) < 4.78 is 3.05. The second-order valence-corrected chi connectivity index (χ2v) is 5.20. The van der Waals surface area contributed by atoms with Crippen LogP contribution >= 0.6 is 15.9 Å². The van der Waals surface area contributed by atoms with E-state index in [2.05, 4.69) is 15.9 Å². The van der Waals surface area contributed by atoms with Gasteiger partial charge in [0.15, 0.2) is 0 Å². The second-order valence-electron chi connectivity index (χ2n) is 4.34. The maximum atomic E-state index is 10.9. The molecule has 3 nitrogen and oxygen atoms in total. The fourth-order valence-electron chi connectivity index (χ4n) is 2.06. The Labute approximate surface area is 108 Å². The Balaban J connectivity index is 2.51. The van der Waals surface area contributed by atoms with Gasteiger partial charge in [0.2, 0.25) is 0 Å². The fourth-order valence-corrected chi connectivity index (χ4v) is 2.67. The largest absolute Gasteiger partial charge is 0.481 e. The number of hydrogen-bond donors (Lipinski definition) is 1. The van der Waals surface area contributed by atoms with Gasteiger partial charge in [-0.1, -0.05) is 28.9 Å². The Bertz CT molecular complexity index is 574. The molecule has 90 valence electrons. The van der Waals surface area contributed by atoms with Crippen LogP contribution in [0.5, 0.6) is 0 Å². The van der Waals surface area contributed by atoms with Crippen molar-refractivity contribution in [1.29, 1.82) is 0 Å². The average Bonchev–Trinajstić information content (AvgIpc) is 2.57. The smallest absolute Gasteiger partial charge is 0.306 e. The summed E-state index contributed by atoms with van der Waals surface area (Å²) in [6, 6.07) is 6.00. The third kappa shape index (κ3) is 2.22. The van der Waals surface area contributed by atoms with Gasteiger partial charge in [0, 0.05) is 28.6 Å². The molecule has 1 aromatic carbocycles. The van der Waals surface area contributed by atoms with Gasteiger partial charge in [-0.25, -0.2) is 0 Å². The van der Waals surface area contributed by atoms with Gasteiger partial charge < -0.3 is 9.67 Å². The summed E-state index contributed by atoms with van der Waals surface area (Å²) in [6.07, 6.45) is 2.56. The van der Waals surface area contributed by atoms with Crippen molar-refractivity contribution in [2.45, 2.75) is 13.3 Å². The van der Waals surface area contributed by atoms with E-state index in [-0.39, 0.29) is 5.92 Å². The molecule has 1 heterocycles. The summed E-state index contributed by atoms with van der Waals surface area (Å²) >= 11 is 3.53. The van der Waals surface area contributed by atoms with Gasteiger partial charge in [-0.3, -0.25) is 4.79 Å². The number of halogens is 1. The molecule has 0 amide bonds. The molecule has 4 heteroatoms. The number of hydrogen-bond acceptors (Lipinski definition) is 1. The highest BCUT2D eigenvalue weighted by molar-refractivity contribution is 9.10. The summed E-state index contributed by atoms with van der Waals surface area (Å²) in [5, 5.41) is 10.1. The first-order valence-electron chi connectivity index (χ1n) is 5.46. The molecule has 0 aliphatic carbocycles. The fraction of sp³-hybridized carbons (Fsp3) is 0.308. The van der Waals surface area contributed by atoms with Crippen molar-refractivity contribution >= 4 is 32.8 Å². The molecule has 1 N–H and O–H groups in total. The first-order chi connectivity index (χ1) is 8.00. The molecule has 2 rings (SSSR count). The van der Waals surface area contributed by atoms with Gasteiger partial charge in [-0.05, 0) is 24.1 Å². The van der Waals surface area contributed by atoms with Crippen LogP contribution in [0.25, 0.3) is 10.9 Å². The van der Waals surface area contributed by atoms with E-state index in [1.54, 1.807) is 6.92 Å². The monoisotopic (exact) mass is 295 g/mol. The Kier molecular flexibility index (Phi) is 3.24. The lowest BCUT2D eigenvalue weighted by Gasteiger charge is -2.05. The third-order valence-corrected chi connectivity index (χ3v) is 3.65. The van der Waals surface area contributed by atoms with Crippen LogP contribution in [-0.4, -0.2) is 15.6 Å². The van der Waals surface area contributed by atoms with Crippen molar-refractivity contribution in [3.63, 3.8) is 0 Å². The molecule has 0 aliphatic heterocycles. The van der Waals surface area contributed by atoms with Crippen molar-refractivity contribution in [2.75, 3.05) is 0 Å². The number of fused-ring (bicyclic) bond motifs is 1. The molecule has 0 saturated heterocycles. The van der Waals surface area contributed by atoms with Crippen LogP contribution in [0.1, 0.15) is 12.5 Å². The number of aliphatic carboxylic acids is 1. The van der Waals surface area contributed by atoms with E-state index in [1.165, 1.54) is 0 Å². The van der Waals surface area contributed by atoms with Gasteiger partial charge >= 0.3 is 5.97 Å². The summed E-state index contributed by atoms with van der Waals surface area (Å²) in [4.78, 5) is 10.9. The number of benzene rings is 1. The molecule has 0 aliphatic rings. The maximum Gasteiger partial charge on any atom is 0.306 e. The highest BCUT2D eigenvalue weighted by Crippen LogP contribution is 2.30. The molecule has 1 atom stereocenters.